The molecule has 0 unspecified atom stereocenters. The highest BCUT2D eigenvalue weighted by Crippen LogP contribution is 2.29. The highest BCUT2D eigenvalue weighted by atomic mass is 16.5. The van der Waals surface area contributed by atoms with Gasteiger partial charge in [-0.25, -0.2) is 0 Å². The predicted molar refractivity (Wildman–Crippen MR) is 98.1 cm³/mol. The van der Waals surface area contributed by atoms with E-state index in [9.17, 15) is 0 Å². The third-order valence-electron chi connectivity index (χ3n) is 5.39. The van der Waals surface area contributed by atoms with Crippen molar-refractivity contribution in [1.82, 2.24) is 0 Å². The lowest BCUT2D eigenvalue weighted by Gasteiger charge is -2.34. The molecule has 0 aliphatic carbocycles. The van der Waals surface area contributed by atoms with Crippen LogP contribution in [0.3, 0.4) is 0 Å². The molecule has 124 valence electrons. The summed E-state index contributed by atoms with van der Waals surface area (Å²) >= 11 is 0. The molecular formula is C21H30NO+. The number of rotatable bonds is 7. The maximum atomic E-state index is 6.30. The van der Waals surface area contributed by atoms with E-state index in [1.54, 1.807) is 0 Å². The summed E-state index contributed by atoms with van der Waals surface area (Å²) in [7, 11) is 0. The lowest BCUT2D eigenvalue weighted by atomic mass is 10.1. The van der Waals surface area contributed by atoms with E-state index in [1.165, 1.54) is 66.1 Å². The van der Waals surface area contributed by atoms with Crippen LogP contribution in [0.25, 0.3) is 10.8 Å². The van der Waals surface area contributed by atoms with E-state index in [1.807, 2.05) is 0 Å². The van der Waals surface area contributed by atoms with Gasteiger partial charge in [0.1, 0.15) is 18.9 Å². The van der Waals surface area contributed by atoms with Gasteiger partial charge in [0, 0.05) is 18.2 Å². The molecule has 1 saturated heterocycles. The molecule has 1 fully saturated rings. The van der Waals surface area contributed by atoms with Gasteiger partial charge >= 0.3 is 0 Å². The average molecular weight is 312 g/mol. The zero-order valence-electron chi connectivity index (χ0n) is 14.7. The van der Waals surface area contributed by atoms with Gasteiger partial charge in [-0.05, 0) is 24.3 Å². The lowest BCUT2D eigenvalue weighted by Crippen LogP contribution is -2.48. The van der Waals surface area contributed by atoms with Gasteiger partial charge in [0.2, 0.25) is 0 Å². The number of aryl methyl sites for hydroxylation is 1. The first kappa shape index (κ1) is 16.3. The Labute approximate surface area is 140 Å². The zero-order valence-corrected chi connectivity index (χ0v) is 14.7. The van der Waals surface area contributed by atoms with Gasteiger partial charge in [0.25, 0.3) is 0 Å². The van der Waals surface area contributed by atoms with Gasteiger partial charge in [-0.1, -0.05) is 49.7 Å². The fourth-order valence-corrected chi connectivity index (χ4v) is 3.94. The van der Waals surface area contributed by atoms with E-state index < -0.39 is 0 Å². The van der Waals surface area contributed by atoms with E-state index in [0.29, 0.717) is 0 Å². The molecule has 2 aromatic carbocycles. The van der Waals surface area contributed by atoms with Crippen molar-refractivity contribution in [2.45, 2.75) is 39.5 Å². The van der Waals surface area contributed by atoms with Crippen LogP contribution in [0.4, 0.5) is 0 Å². The Kier molecular flexibility index (Phi) is 5.22. The smallest absolute Gasteiger partial charge is 0.137 e. The number of ether oxygens (including phenoxy) is 1. The van der Waals surface area contributed by atoms with Crippen LogP contribution in [-0.4, -0.2) is 37.3 Å². The van der Waals surface area contributed by atoms with Gasteiger partial charge in [-0.15, -0.1) is 0 Å². The number of unbranched alkanes of at least 4 members (excludes halogenated alkanes) is 1. The summed E-state index contributed by atoms with van der Waals surface area (Å²) in [5, 5.41) is 2.51. The molecule has 23 heavy (non-hydrogen) atoms. The number of fused-ring (bicyclic) bond motifs is 1. The van der Waals surface area contributed by atoms with Gasteiger partial charge in [0.15, 0.2) is 0 Å². The Bertz CT molecular complexity index is 643. The SMILES string of the molecule is CCCC[N+]1(CCOc2c(C)ccc3ccccc23)CCCC1. The van der Waals surface area contributed by atoms with Crippen molar-refractivity contribution in [3.8, 4) is 5.75 Å². The summed E-state index contributed by atoms with van der Waals surface area (Å²) in [6, 6.07) is 12.9. The third-order valence-corrected chi connectivity index (χ3v) is 5.39. The van der Waals surface area contributed by atoms with Crippen molar-refractivity contribution in [1.29, 1.82) is 0 Å². The minimum Gasteiger partial charge on any atom is -0.487 e. The monoisotopic (exact) mass is 312 g/mol. The number of hydrogen-bond acceptors (Lipinski definition) is 1. The molecule has 0 saturated carbocycles. The molecule has 3 rings (SSSR count). The maximum Gasteiger partial charge on any atom is 0.137 e. The lowest BCUT2D eigenvalue weighted by molar-refractivity contribution is -0.917. The predicted octanol–water partition coefficient (Wildman–Crippen LogP) is 4.94. The molecule has 2 nitrogen and oxygen atoms in total. The first-order valence-corrected chi connectivity index (χ1v) is 9.20. The molecule has 1 aliphatic rings. The molecule has 0 radical (unpaired) electrons. The van der Waals surface area contributed by atoms with Crippen LogP contribution < -0.4 is 4.74 Å². The fourth-order valence-electron chi connectivity index (χ4n) is 3.94. The van der Waals surface area contributed by atoms with Gasteiger partial charge in [-0.3, -0.25) is 0 Å². The van der Waals surface area contributed by atoms with Gasteiger partial charge < -0.3 is 9.22 Å². The van der Waals surface area contributed by atoms with Crippen LogP contribution in [0, 0.1) is 6.92 Å². The summed E-state index contributed by atoms with van der Waals surface area (Å²) in [6.07, 6.45) is 5.41. The molecular weight excluding hydrogens is 282 g/mol. The van der Waals surface area contributed by atoms with Crippen LogP contribution in [-0.2, 0) is 0 Å². The molecule has 1 heterocycles. The molecule has 0 bridgehead atoms. The number of quaternary nitrogens is 1. The molecule has 0 spiro atoms. The second-order valence-electron chi connectivity index (χ2n) is 7.08. The summed E-state index contributed by atoms with van der Waals surface area (Å²) in [5.41, 5.74) is 1.24. The first-order chi connectivity index (χ1) is 11.2. The standard InChI is InChI=1S/C21H30NO/c1-3-4-13-22(14-7-8-15-22)16-17-23-21-18(2)11-12-19-9-5-6-10-20(19)21/h5-6,9-12H,3-4,7-8,13-17H2,1-2H3/q+1. The average Bonchev–Trinajstić information content (AvgIpc) is 3.04. The van der Waals surface area contributed by atoms with E-state index in [2.05, 4.69) is 50.2 Å². The number of nitrogens with zero attached hydrogens (tertiary/aromatic N) is 1. The van der Waals surface area contributed by atoms with Crippen molar-refractivity contribution in [2.75, 3.05) is 32.8 Å². The second kappa shape index (κ2) is 7.35. The van der Waals surface area contributed by atoms with Crippen LogP contribution in [0.1, 0.15) is 38.2 Å². The van der Waals surface area contributed by atoms with Crippen molar-refractivity contribution in [3.63, 3.8) is 0 Å². The highest BCUT2D eigenvalue weighted by Gasteiger charge is 2.31. The number of hydrogen-bond donors (Lipinski definition) is 0. The second-order valence-corrected chi connectivity index (χ2v) is 7.08. The van der Waals surface area contributed by atoms with Crippen molar-refractivity contribution >= 4 is 10.8 Å². The normalized spacial score (nSPS) is 16.8. The van der Waals surface area contributed by atoms with E-state index >= 15 is 0 Å². The molecule has 0 N–H and O–H groups in total. The van der Waals surface area contributed by atoms with Crippen LogP contribution >= 0.6 is 0 Å². The molecule has 0 atom stereocenters. The van der Waals surface area contributed by atoms with Crippen LogP contribution in [0.5, 0.6) is 5.75 Å². The Morgan fingerprint density at radius 1 is 1.00 bits per heavy atom. The molecule has 2 heteroatoms. The Balaban J connectivity index is 1.69. The number of benzene rings is 2. The summed E-state index contributed by atoms with van der Waals surface area (Å²) < 4.78 is 7.58. The van der Waals surface area contributed by atoms with E-state index in [-0.39, 0.29) is 0 Å². The van der Waals surface area contributed by atoms with Crippen molar-refractivity contribution in [2.24, 2.45) is 0 Å². The van der Waals surface area contributed by atoms with Crippen LogP contribution in [0.2, 0.25) is 0 Å². The minimum absolute atomic E-state index is 0.832. The summed E-state index contributed by atoms with van der Waals surface area (Å²) in [4.78, 5) is 0. The summed E-state index contributed by atoms with van der Waals surface area (Å²) in [5.74, 6) is 1.08. The van der Waals surface area contributed by atoms with Crippen molar-refractivity contribution < 1.29 is 9.22 Å². The van der Waals surface area contributed by atoms with Crippen LogP contribution in [0.15, 0.2) is 36.4 Å². The minimum atomic E-state index is 0.832. The number of likely N-dealkylation sites (tertiary alicyclic amines) is 1. The summed E-state index contributed by atoms with van der Waals surface area (Å²) in [6.45, 7) is 10.5. The molecule has 2 aromatic rings. The Morgan fingerprint density at radius 2 is 1.78 bits per heavy atom. The van der Waals surface area contributed by atoms with Gasteiger partial charge in [-0.2, -0.15) is 0 Å². The largest absolute Gasteiger partial charge is 0.487 e. The topological polar surface area (TPSA) is 9.23 Å². The Morgan fingerprint density at radius 3 is 2.57 bits per heavy atom. The molecule has 0 aromatic heterocycles. The molecule has 1 aliphatic heterocycles. The fraction of sp³-hybridized carbons (Fsp3) is 0.524. The van der Waals surface area contributed by atoms with Crippen molar-refractivity contribution in [3.05, 3.63) is 42.0 Å². The first-order valence-electron chi connectivity index (χ1n) is 9.20. The molecule has 0 amide bonds. The van der Waals surface area contributed by atoms with E-state index in [0.717, 1.165) is 18.9 Å². The zero-order chi connectivity index (χ0) is 16.1. The van der Waals surface area contributed by atoms with E-state index in [4.69, 9.17) is 4.74 Å². The Hall–Kier alpha value is -1.54. The van der Waals surface area contributed by atoms with Gasteiger partial charge in [0.05, 0.1) is 19.6 Å². The highest BCUT2D eigenvalue weighted by molar-refractivity contribution is 5.89. The maximum absolute atomic E-state index is 6.30. The third kappa shape index (κ3) is 3.69. The quantitative estimate of drug-likeness (QED) is 0.658.